The largest absolute Gasteiger partial charge is 0.380 e. The number of hydrogen-bond donors (Lipinski definition) is 0. The Hall–Kier alpha value is -0.0800. The second-order valence-corrected chi connectivity index (χ2v) is 4.87. The molecule has 2 atom stereocenters. The van der Waals surface area contributed by atoms with Gasteiger partial charge in [0.1, 0.15) is 0 Å². The van der Waals surface area contributed by atoms with Crippen LogP contribution in [0.15, 0.2) is 0 Å². The molecule has 76 valence electrons. The topological polar surface area (TPSA) is 12.5 Å². The van der Waals surface area contributed by atoms with E-state index < -0.39 is 0 Å². The van der Waals surface area contributed by atoms with Gasteiger partial charge in [-0.1, -0.05) is 13.8 Å². The zero-order valence-corrected chi connectivity index (χ0v) is 9.05. The molecule has 2 rings (SSSR count). The zero-order chi connectivity index (χ0) is 9.47. The lowest BCUT2D eigenvalue weighted by molar-refractivity contribution is 0.106. The summed E-state index contributed by atoms with van der Waals surface area (Å²) in [5, 5.41) is 0. The Morgan fingerprint density at radius 2 is 2.23 bits per heavy atom. The summed E-state index contributed by atoms with van der Waals surface area (Å²) in [6.07, 6.45) is 4.50. The molecule has 2 nitrogen and oxygen atoms in total. The van der Waals surface area contributed by atoms with E-state index in [1.165, 1.54) is 25.8 Å². The summed E-state index contributed by atoms with van der Waals surface area (Å²) >= 11 is 0. The number of fused-ring (bicyclic) bond motifs is 1. The number of methoxy groups -OCH3 is 1. The van der Waals surface area contributed by atoms with E-state index in [9.17, 15) is 0 Å². The maximum Gasteiger partial charge on any atom is 0.0716 e. The highest BCUT2D eigenvalue weighted by Crippen LogP contribution is 2.44. The summed E-state index contributed by atoms with van der Waals surface area (Å²) in [6, 6.07) is 0. The average molecular weight is 183 g/mol. The highest BCUT2D eigenvalue weighted by atomic mass is 16.5. The molecule has 2 aliphatic heterocycles. The number of hydrogen-bond acceptors (Lipinski definition) is 2. The standard InChI is InChI=1S/C11H21NO/c1-9(2)11-5-4-6-12(11)8-10(7-11)13-3/h9-10H,4-8H2,1-3H3/t10-,11+/m1/s1. The van der Waals surface area contributed by atoms with Gasteiger partial charge in [0, 0.05) is 19.2 Å². The molecule has 0 N–H and O–H groups in total. The number of nitrogens with zero attached hydrogens (tertiary/aromatic N) is 1. The minimum absolute atomic E-state index is 0.487. The smallest absolute Gasteiger partial charge is 0.0716 e. The number of rotatable bonds is 2. The van der Waals surface area contributed by atoms with E-state index in [4.69, 9.17) is 4.74 Å². The minimum Gasteiger partial charge on any atom is -0.380 e. The Morgan fingerprint density at radius 3 is 2.77 bits per heavy atom. The first-order chi connectivity index (χ1) is 6.19. The highest BCUT2D eigenvalue weighted by Gasteiger charge is 2.50. The molecule has 2 heterocycles. The van der Waals surface area contributed by atoms with Crippen molar-refractivity contribution in [1.82, 2.24) is 4.90 Å². The van der Waals surface area contributed by atoms with Gasteiger partial charge in [-0.3, -0.25) is 4.90 Å². The van der Waals surface area contributed by atoms with Crippen molar-refractivity contribution in [2.75, 3.05) is 20.2 Å². The zero-order valence-electron chi connectivity index (χ0n) is 9.05. The molecular formula is C11H21NO. The van der Waals surface area contributed by atoms with Gasteiger partial charge in [0.2, 0.25) is 0 Å². The first kappa shape index (κ1) is 9.47. The van der Waals surface area contributed by atoms with Gasteiger partial charge in [0.15, 0.2) is 0 Å². The molecule has 0 spiro atoms. The molecule has 0 amide bonds. The van der Waals surface area contributed by atoms with Crippen LogP contribution in [0.2, 0.25) is 0 Å². The van der Waals surface area contributed by atoms with E-state index in [0.717, 1.165) is 12.5 Å². The van der Waals surface area contributed by atoms with Crippen LogP contribution in [-0.2, 0) is 4.74 Å². The van der Waals surface area contributed by atoms with Crippen molar-refractivity contribution >= 4 is 0 Å². The van der Waals surface area contributed by atoms with E-state index >= 15 is 0 Å². The highest BCUT2D eigenvalue weighted by molar-refractivity contribution is 5.05. The molecule has 2 aliphatic rings. The third-order valence-electron chi connectivity index (χ3n) is 4.08. The van der Waals surface area contributed by atoms with Gasteiger partial charge in [-0.05, 0) is 31.7 Å². The van der Waals surface area contributed by atoms with Gasteiger partial charge >= 0.3 is 0 Å². The second-order valence-electron chi connectivity index (χ2n) is 4.87. The first-order valence-electron chi connectivity index (χ1n) is 5.47. The van der Waals surface area contributed by atoms with Crippen molar-refractivity contribution < 1.29 is 4.74 Å². The summed E-state index contributed by atoms with van der Waals surface area (Å²) in [7, 11) is 1.85. The molecule has 2 heteroatoms. The normalized spacial score (nSPS) is 40.2. The Kier molecular flexibility index (Phi) is 2.37. The van der Waals surface area contributed by atoms with Gasteiger partial charge in [-0.25, -0.2) is 0 Å². The fraction of sp³-hybridized carbons (Fsp3) is 1.00. The van der Waals surface area contributed by atoms with Gasteiger partial charge in [-0.15, -0.1) is 0 Å². The average Bonchev–Trinajstić information content (AvgIpc) is 2.58. The summed E-state index contributed by atoms with van der Waals surface area (Å²) < 4.78 is 5.48. The molecule has 13 heavy (non-hydrogen) atoms. The van der Waals surface area contributed by atoms with Crippen LogP contribution in [0.1, 0.15) is 33.1 Å². The number of ether oxygens (including phenoxy) is 1. The molecular weight excluding hydrogens is 162 g/mol. The molecule has 0 aromatic rings. The molecule has 0 aromatic carbocycles. The molecule has 0 saturated carbocycles. The maximum atomic E-state index is 5.48. The lowest BCUT2D eigenvalue weighted by Gasteiger charge is -2.35. The molecule has 2 fully saturated rings. The van der Waals surface area contributed by atoms with E-state index in [0.29, 0.717) is 11.6 Å². The Morgan fingerprint density at radius 1 is 1.46 bits per heavy atom. The van der Waals surface area contributed by atoms with Crippen LogP contribution < -0.4 is 0 Å². The van der Waals surface area contributed by atoms with Gasteiger partial charge in [0.05, 0.1) is 6.10 Å². The fourth-order valence-corrected chi connectivity index (χ4v) is 3.21. The molecule has 2 saturated heterocycles. The van der Waals surface area contributed by atoms with E-state index in [1.54, 1.807) is 0 Å². The summed E-state index contributed by atoms with van der Waals surface area (Å²) in [4.78, 5) is 2.66. The van der Waals surface area contributed by atoms with Crippen LogP contribution >= 0.6 is 0 Å². The molecule has 0 unspecified atom stereocenters. The van der Waals surface area contributed by atoms with Crippen molar-refractivity contribution in [2.45, 2.75) is 44.8 Å². The molecule has 0 aliphatic carbocycles. The third kappa shape index (κ3) is 1.31. The van der Waals surface area contributed by atoms with Crippen molar-refractivity contribution in [2.24, 2.45) is 5.92 Å². The summed E-state index contributed by atoms with van der Waals surface area (Å²) in [5.74, 6) is 0.773. The third-order valence-corrected chi connectivity index (χ3v) is 4.08. The maximum absolute atomic E-state index is 5.48. The summed E-state index contributed by atoms with van der Waals surface area (Å²) in [6.45, 7) is 7.17. The fourth-order valence-electron chi connectivity index (χ4n) is 3.21. The Labute approximate surface area is 81.3 Å². The quantitative estimate of drug-likeness (QED) is 0.648. The molecule has 0 aromatic heterocycles. The van der Waals surface area contributed by atoms with Crippen LogP contribution in [0.4, 0.5) is 0 Å². The monoisotopic (exact) mass is 183 g/mol. The Balaban J connectivity index is 2.15. The van der Waals surface area contributed by atoms with Gasteiger partial charge in [0.25, 0.3) is 0 Å². The predicted octanol–water partition coefficient (Wildman–Crippen LogP) is 1.90. The van der Waals surface area contributed by atoms with Crippen LogP contribution in [0.3, 0.4) is 0 Å². The molecule has 0 bridgehead atoms. The minimum atomic E-state index is 0.487. The lowest BCUT2D eigenvalue weighted by Crippen LogP contribution is -2.42. The Bertz CT molecular complexity index is 193. The van der Waals surface area contributed by atoms with Crippen LogP contribution in [0, 0.1) is 5.92 Å². The van der Waals surface area contributed by atoms with Crippen LogP contribution in [-0.4, -0.2) is 36.7 Å². The summed E-state index contributed by atoms with van der Waals surface area (Å²) in [5.41, 5.74) is 0.487. The SMILES string of the molecule is CO[C@H]1CN2CCC[C@@]2(C(C)C)C1. The first-order valence-corrected chi connectivity index (χ1v) is 5.47. The van der Waals surface area contributed by atoms with Gasteiger partial charge < -0.3 is 4.74 Å². The van der Waals surface area contributed by atoms with Crippen LogP contribution in [0.25, 0.3) is 0 Å². The van der Waals surface area contributed by atoms with E-state index in [1.807, 2.05) is 7.11 Å². The lowest BCUT2D eigenvalue weighted by atomic mass is 9.82. The van der Waals surface area contributed by atoms with Crippen molar-refractivity contribution in [3.8, 4) is 0 Å². The van der Waals surface area contributed by atoms with Crippen molar-refractivity contribution in [3.05, 3.63) is 0 Å². The van der Waals surface area contributed by atoms with Crippen LogP contribution in [0.5, 0.6) is 0 Å². The van der Waals surface area contributed by atoms with E-state index in [-0.39, 0.29) is 0 Å². The molecule has 0 radical (unpaired) electrons. The predicted molar refractivity (Wildman–Crippen MR) is 53.8 cm³/mol. The van der Waals surface area contributed by atoms with Crippen molar-refractivity contribution in [3.63, 3.8) is 0 Å². The van der Waals surface area contributed by atoms with E-state index in [2.05, 4.69) is 18.7 Å². The van der Waals surface area contributed by atoms with Gasteiger partial charge in [-0.2, -0.15) is 0 Å². The van der Waals surface area contributed by atoms with Crippen molar-refractivity contribution in [1.29, 1.82) is 0 Å². The second kappa shape index (κ2) is 3.25.